The van der Waals surface area contributed by atoms with Crippen molar-refractivity contribution in [2.45, 2.75) is 38.0 Å². The van der Waals surface area contributed by atoms with E-state index in [2.05, 4.69) is 266 Å². The first-order chi connectivity index (χ1) is 42.3. The van der Waals surface area contributed by atoms with Crippen LogP contribution in [0.1, 0.15) is 48.6 Å². The topological polar surface area (TPSA) is 61.4 Å². The maximum Gasteiger partial charge on any atom is 0.235 e. The molecule has 11 aromatic carbocycles. The molecule has 6 aromatic heterocycles. The van der Waals surface area contributed by atoms with Crippen molar-refractivity contribution < 1.29 is 0 Å². The standard InChI is InChI=1S/C78H50N6S2/c1-77(2)59-31-14-9-28-53(59)69-64(77)56-40-38-51-49-26-12-17-34-62(49)85-73(51)71(56)83(69)76-81-67(58-37-36-45-21-7-8-25-48(45)68(58)82-76)47-24-19-20-44(42-47)43-78(3)60-32-15-10-29-54(60)70-65(78)57-41-39-52-50-27-13-18-35-63(50)86-74(52)72(57)84(70)75-79-61-33-16-11-30-55(61)66(80-75)46-22-5-4-6-23-46/h4-42H,43H2,1-3H3. The van der Waals surface area contributed by atoms with Crippen molar-refractivity contribution in [1.29, 1.82) is 0 Å². The van der Waals surface area contributed by atoms with E-state index in [0.717, 1.165) is 78.2 Å². The van der Waals surface area contributed by atoms with E-state index in [1.54, 1.807) is 0 Å². The van der Waals surface area contributed by atoms with Gasteiger partial charge in [-0.1, -0.05) is 227 Å². The van der Waals surface area contributed by atoms with Crippen LogP contribution in [0.2, 0.25) is 0 Å². The average Bonchev–Trinajstić information content (AvgIpc) is 1.65. The third-order valence-corrected chi connectivity index (χ3v) is 21.5. The van der Waals surface area contributed by atoms with Gasteiger partial charge in [-0.3, -0.25) is 9.13 Å². The summed E-state index contributed by atoms with van der Waals surface area (Å²) in [7, 11) is 0. The Kier molecular flexibility index (Phi) is 9.82. The fourth-order valence-electron chi connectivity index (χ4n) is 15.4. The van der Waals surface area contributed by atoms with Crippen LogP contribution < -0.4 is 0 Å². The van der Waals surface area contributed by atoms with Crippen LogP contribution in [-0.2, 0) is 17.3 Å². The van der Waals surface area contributed by atoms with Crippen LogP contribution in [0, 0.1) is 0 Å². The minimum atomic E-state index is -0.479. The minimum absolute atomic E-state index is 0.265. The number of hydrogen-bond acceptors (Lipinski definition) is 6. The summed E-state index contributed by atoms with van der Waals surface area (Å²) in [6.07, 6.45) is 0.729. The Morgan fingerprint density at radius 3 is 1.63 bits per heavy atom. The lowest BCUT2D eigenvalue weighted by molar-refractivity contribution is 0.588. The van der Waals surface area contributed by atoms with Crippen molar-refractivity contribution in [2.24, 2.45) is 0 Å². The van der Waals surface area contributed by atoms with Crippen LogP contribution in [-0.4, -0.2) is 29.1 Å². The monoisotopic (exact) mass is 1130 g/mol. The zero-order chi connectivity index (χ0) is 56.7. The van der Waals surface area contributed by atoms with E-state index in [9.17, 15) is 0 Å². The van der Waals surface area contributed by atoms with Gasteiger partial charge in [-0.15, -0.1) is 22.7 Å². The second-order valence-corrected chi connectivity index (χ2v) is 26.3. The molecule has 0 radical (unpaired) electrons. The first-order valence-electron chi connectivity index (χ1n) is 29.6. The molecule has 0 N–H and O–H groups in total. The number of hydrogen-bond donors (Lipinski definition) is 0. The number of benzene rings is 11. The lowest BCUT2D eigenvalue weighted by atomic mass is 9.74. The van der Waals surface area contributed by atoms with Crippen LogP contribution >= 0.6 is 22.7 Å². The van der Waals surface area contributed by atoms with Gasteiger partial charge in [0.25, 0.3) is 0 Å². The summed E-state index contributed by atoms with van der Waals surface area (Å²) in [5, 5.41) is 11.8. The molecule has 17 aromatic rings. The fourth-order valence-corrected chi connectivity index (χ4v) is 17.9. The molecule has 0 amide bonds. The van der Waals surface area contributed by atoms with Gasteiger partial charge in [0.15, 0.2) is 0 Å². The second kappa shape index (κ2) is 17.5. The first-order valence-corrected chi connectivity index (χ1v) is 31.2. The molecule has 0 saturated carbocycles. The highest BCUT2D eigenvalue weighted by atomic mass is 32.1. The summed E-state index contributed by atoms with van der Waals surface area (Å²) >= 11 is 3.73. The predicted octanol–water partition coefficient (Wildman–Crippen LogP) is 20.5. The van der Waals surface area contributed by atoms with E-state index in [1.807, 2.05) is 22.7 Å². The number of thiophene rings is 2. The molecule has 404 valence electrons. The summed E-state index contributed by atoms with van der Waals surface area (Å²) in [5.74, 6) is 1.34. The van der Waals surface area contributed by atoms with Gasteiger partial charge < -0.3 is 0 Å². The Morgan fingerprint density at radius 2 is 0.907 bits per heavy atom. The molecule has 0 aliphatic heterocycles. The number of rotatable bonds is 6. The summed E-state index contributed by atoms with van der Waals surface area (Å²) < 4.78 is 9.88. The van der Waals surface area contributed by atoms with Gasteiger partial charge in [0.2, 0.25) is 11.9 Å². The van der Waals surface area contributed by atoms with Crippen LogP contribution in [0.15, 0.2) is 237 Å². The van der Waals surface area contributed by atoms with E-state index in [4.69, 9.17) is 19.9 Å². The Labute approximate surface area is 502 Å². The molecule has 19 rings (SSSR count). The van der Waals surface area contributed by atoms with Crippen LogP contribution in [0.4, 0.5) is 0 Å². The molecule has 1 atom stereocenters. The highest BCUT2D eigenvalue weighted by Gasteiger charge is 2.46. The van der Waals surface area contributed by atoms with E-state index >= 15 is 0 Å². The fraction of sp³-hybridized carbons (Fsp3) is 0.0769. The van der Waals surface area contributed by atoms with Crippen LogP contribution in [0.25, 0.3) is 152 Å². The van der Waals surface area contributed by atoms with Gasteiger partial charge in [-0.2, -0.15) is 0 Å². The summed E-state index contributed by atoms with van der Waals surface area (Å²) in [4.78, 5) is 22.9. The molecule has 2 aliphatic rings. The molecule has 0 fully saturated rings. The quantitative estimate of drug-likeness (QED) is 0.156. The predicted molar refractivity (Wildman–Crippen MR) is 360 cm³/mol. The van der Waals surface area contributed by atoms with Gasteiger partial charge in [0, 0.05) is 91.0 Å². The number of fused-ring (bicyclic) bond motifs is 22. The average molecular weight is 1140 g/mol. The Hall–Kier alpha value is -10.1. The second-order valence-electron chi connectivity index (χ2n) is 24.2. The maximum atomic E-state index is 5.91. The van der Waals surface area contributed by atoms with Crippen LogP contribution in [0.3, 0.4) is 0 Å². The summed E-state index contributed by atoms with van der Waals surface area (Å²) in [6, 6.07) is 86.6. The molecule has 0 spiro atoms. The largest absolute Gasteiger partial charge is 0.276 e. The van der Waals surface area contributed by atoms with Crippen molar-refractivity contribution >= 4 is 117 Å². The molecule has 0 bridgehead atoms. The zero-order valence-electron chi connectivity index (χ0n) is 47.2. The van der Waals surface area contributed by atoms with Crippen molar-refractivity contribution in [3.63, 3.8) is 0 Å². The molecule has 1 unspecified atom stereocenters. The third-order valence-electron chi connectivity index (χ3n) is 19.1. The number of para-hydroxylation sites is 1. The first kappa shape index (κ1) is 48.3. The highest BCUT2D eigenvalue weighted by Crippen LogP contribution is 2.58. The van der Waals surface area contributed by atoms with Crippen molar-refractivity contribution in [2.75, 3.05) is 0 Å². The number of aromatic nitrogens is 6. The zero-order valence-corrected chi connectivity index (χ0v) is 48.9. The van der Waals surface area contributed by atoms with E-state index in [-0.39, 0.29) is 5.41 Å². The minimum Gasteiger partial charge on any atom is -0.276 e. The molecule has 6 nitrogen and oxygen atoms in total. The highest BCUT2D eigenvalue weighted by molar-refractivity contribution is 7.27. The smallest absolute Gasteiger partial charge is 0.235 e. The molecular formula is C78H50N6S2. The van der Waals surface area contributed by atoms with E-state index in [0.29, 0.717) is 11.9 Å². The van der Waals surface area contributed by atoms with Gasteiger partial charge in [-0.05, 0) is 70.0 Å². The molecule has 6 heterocycles. The third kappa shape index (κ3) is 6.49. The number of nitrogens with zero attached hydrogens (tertiary/aromatic N) is 6. The Morgan fingerprint density at radius 1 is 0.384 bits per heavy atom. The lowest BCUT2D eigenvalue weighted by Crippen LogP contribution is -2.24. The Bertz CT molecular complexity index is 5820. The van der Waals surface area contributed by atoms with Crippen molar-refractivity contribution in [3.05, 3.63) is 264 Å². The molecular weight excluding hydrogens is 1090 g/mol. The van der Waals surface area contributed by atoms with Crippen molar-refractivity contribution in [3.8, 4) is 56.9 Å². The lowest BCUT2D eigenvalue weighted by Gasteiger charge is -2.28. The van der Waals surface area contributed by atoms with E-state index in [1.165, 1.54) is 95.8 Å². The Balaban J connectivity index is 0.850. The summed E-state index contributed by atoms with van der Waals surface area (Å²) in [6.45, 7) is 7.24. The maximum absolute atomic E-state index is 5.91. The van der Waals surface area contributed by atoms with Gasteiger partial charge in [0.05, 0.1) is 54.2 Å². The molecule has 8 heteroatoms. The summed E-state index contributed by atoms with van der Waals surface area (Å²) in [5.41, 5.74) is 18.5. The van der Waals surface area contributed by atoms with E-state index < -0.39 is 5.41 Å². The normalized spacial score (nSPS) is 15.1. The molecule has 2 aliphatic carbocycles. The van der Waals surface area contributed by atoms with Gasteiger partial charge >= 0.3 is 0 Å². The van der Waals surface area contributed by atoms with Crippen molar-refractivity contribution in [1.82, 2.24) is 29.1 Å². The molecule has 0 saturated heterocycles. The van der Waals surface area contributed by atoms with Gasteiger partial charge in [0.1, 0.15) is 0 Å². The SMILES string of the molecule is CC1(C)c2ccccc2-c2c1c1ccc3c4ccccc4sc3c1n2-c1nc(-c2cccc(CC3(C)c4ccccc4-c4c3c3ccc5c6ccccc6sc5c3n4-c3nc(-c4ccccc4)c4ccccc4n3)c2)c2ccc3ccccc3c2n1. The molecule has 86 heavy (non-hydrogen) atoms. The van der Waals surface area contributed by atoms with Gasteiger partial charge in [-0.25, -0.2) is 19.9 Å². The van der Waals surface area contributed by atoms with Crippen LogP contribution in [0.5, 0.6) is 0 Å².